The Labute approximate surface area is 151 Å². The Morgan fingerprint density at radius 3 is 2.50 bits per heavy atom. The predicted molar refractivity (Wildman–Crippen MR) is 96.2 cm³/mol. The number of hydrogen-bond donors (Lipinski definition) is 0. The van der Waals surface area contributed by atoms with E-state index in [1.165, 1.54) is 47.8 Å². The smallest absolute Gasteiger partial charge is 0.271 e. The lowest BCUT2D eigenvalue weighted by Crippen LogP contribution is -2.25. The van der Waals surface area contributed by atoms with E-state index in [0.29, 0.717) is 16.2 Å². The Balaban J connectivity index is 2.28. The van der Waals surface area contributed by atoms with E-state index in [4.69, 9.17) is 0 Å². The highest BCUT2D eigenvalue weighted by Gasteiger charge is 2.23. The number of halogens is 1. The van der Waals surface area contributed by atoms with Crippen molar-refractivity contribution in [2.45, 2.75) is 14.9 Å². The van der Waals surface area contributed by atoms with Crippen molar-refractivity contribution in [1.29, 1.82) is 0 Å². The summed E-state index contributed by atoms with van der Waals surface area (Å²) in [5.41, 5.74) is -0.217. The quantitative estimate of drug-likeness (QED) is 0.473. The molecule has 0 radical (unpaired) electrons. The van der Waals surface area contributed by atoms with Crippen LogP contribution in [-0.2, 0) is 16.9 Å². The molecule has 124 valence electrons. The fourth-order valence-electron chi connectivity index (χ4n) is 2.23. The zero-order valence-electron chi connectivity index (χ0n) is 12.7. The molecule has 9 heteroatoms. The topological polar surface area (TPSA) is 81.9 Å². The number of benzene rings is 1. The van der Waals surface area contributed by atoms with Crippen molar-refractivity contribution in [1.82, 2.24) is 14.5 Å². The summed E-state index contributed by atoms with van der Waals surface area (Å²) in [4.78, 5) is 20.8. The van der Waals surface area contributed by atoms with E-state index in [9.17, 15) is 13.2 Å². The maximum absolute atomic E-state index is 12.8. The Morgan fingerprint density at radius 2 is 1.88 bits per heavy atom. The average molecular weight is 426 g/mol. The predicted octanol–water partition coefficient (Wildman–Crippen LogP) is 2.65. The summed E-state index contributed by atoms with van der Waals surface area (Å²) in [5, 5.41) is 1.01. The van der Waals surface area contributed by atoms with Crippen LogP contribution in [0.15, 0.2) is 60.7 Å². The first-order valence-corrected chi connectivity index (χ1v) is 10.3. The van der Waals surface area contributed by atoms with Crippen LogP contribution in [0, 0.1) is 0 Å². The lowest BCUT2D eigenvalue weighted by Gasteiger charge is -2.09. The summed E-state index contributed by atoms with van der Waals surface area (Å²) in [6.07, 6.45) is 3.35. The highest BCUT2D eigenvalue weighted by molar-refractivity contribution is 9.10. The van der Waals surface area contributed by atoms with Gasteiger partial charge in [-0.05, 0) is 36.6 Å². The van der Waals surface area contributed by atoms with Crippen molar-refractivity contribution in [3.8, 4) is 0 Å². The van der Waals surface area contributed by atoms with Crippen LogP contribution >= 0.6 is 27.7 Å². The molecular weight excluding hydrogens is 414 g/mol. The molecule has 0 saturated carbocycles. The first-order valence-electron chi connectivity index (χ1n) is 6.76. The second-order valence-corrected chi connectivity index (χ2v) is 8.57. The third-order valence-corrected chi connectivity index (χ3v) is 6.34. The van der Waals surface area contributed by atoms with E-state index in [0.717, 1.165) is 4.47 Å². The maximum Gasteiger partial charge on any atom is 0.271 e. The number of thioether (sulfide) groups is 1. The minimum absolute atomic E-state index is 0.0591. The molecule has 6 nitrogen and oxygen atoms in total. The molecule has 1 aromatic carbocycles. The van der Waals surface area contributed by atoms with Crippen molar-refractivity contribution in [3.05, 3.63) is 51.4 Å². The molecule has 0 spiro atoms. The molecule has 2 heterocycles. The van der Waals surface area contributed by atoms with E-state index >= 15 is 0 Å². The number of aromatic nitrogens is 3. The van der Waals surface area contributed by atoms with Crippen molar-refractivity contribution in [3.63, 3.8) is 0 Å². The molecule has 0 atom stereocenters. The normalized spacial score (nSPS) is 11.8. The van der Waals surface area contributed by atoms with E-state index in [1.54, 1.807) is 12.1 Å². The molecule has 0 saturated heterocycles. The van der Waals surface area contributed by atoms with Gasteiger partial charge >= 0.3 is 0 Å². The minimum atomic E-state index is -3.93. The number of hydrogen-bond acceptors (Lipinski definition) is 6. The summed E-state index contributed by atoms with van der Waals surface area (Å²) in [6, 6.07) is 7.48. The number of fused-ring (bicyclic) bond motifs is 1. The van der Waals surface area contributed by atoms with Crippen molar-refractivity contribution >= 4 is 48.6 Å². The molecule has 0 fully saturated rings. The molecule has 24 heavy (non-hydrogen) atoms. The first kappa shape index (κ1) is 17.1. The number of nitrogens with zero attached hydrogens (tertiary/aromatic N) is 3. The number of pyridine rings is 1. The highest BCUT2D eigenvalue weighted by Crippen LogP contribution is 2.23. The lowest BCUT2D eigenvalue weighted by molar-refractivity contribution is 0.593. The fourth-order valence-corrected chi connectivity index (χ4v) is 4.23. The van der Waals surface area contributed by atoms with Crippen LogP contribution < -0.4 is 5.56 Å². The Bertz CT molecular complexity index is 1090. The summed E-state index contributed by atoms with van der Waals surface area (Å²) >= 11 is 4.61. The van der Waals surface area contributed by atoms with Crippen LogP contribution in [0.3, 0.4) is 0 Å². The number of aryl methyl sites for hydroxylation is 1. The molecule has 0 unspecified atom stereocenters. The van der Waals surface area contributed by atoms with Crippen molar-refractivity contribution in [2.75, 3.05) is 6.26 Å². The van der Waals surface area contributed by atoms with Crippen LogP contribution in [0.4, 0.5) is 0 Å². The molecule has 0 N–H and O–H groups in total. The van der Waals surface area contributed by atoms with Crippen LogP contribution in [0.2, 0.25) is 0 Å². The first-order chi connectivity index (χ1) is 11.3. The monoisotopic (exact) mass is 425 g/mol. The van der Waals surface area contributed by atoms with Crippen LogP contribution in [-0.4, -0.2) is 29.2 Å². The van der Waals surface area contributed by atoms with Crippen molar-refractivity contribution < 1.29 is 8.42 Å². The fraction of sp³-hybridized carbons (Fsp3) is 0.133. The third kappa shape index (κ3) is 2.87. The lowest BCUT2D eigenvalue weighted by atomic mass is 10.3. The van der Waals surface area contributed by atoms with Crippen LogP contribution in [0.1, 0.15) is 0 Å². The Morgan fingerprint density at radius 1 is 1.21 bits per heavy atom. The van der Waals surface area contributed by atoms with Crippen LogP contribution in [0.5, 0.6) is 0 Å². The maximum atomic E-state index is 12.8. The average Bonchev–Trinajstić information content (AvgIpc) is 2.58. The van der Waals surface area contributed by atoms with E-state index < -0.39 is 15.4 Å². The number of sulfone groups is 1. The Hall–Kier alpha value is -1.71. The summed E-state index contributed by atoms with van der Waals surface area (Å²) in [5.74, 6) is 0. The van der Waals surface area contributed by atoms with E-state index in [-0.39, 0.29) is 9.79 Å². The van der Waals surface area contributed by atoms with Gasteiger partial charge in [-0.25, -0.2) is 18.4 Å². The molecular formula is C15H12BrN3O3S2. The van der Waals surface area contributed by atoms with Gasteiger partial charge in [0, 0.05) is 23.1 Å². The van der Waals surface area contributed by atoms with E-state index in [2.05, 4.69) is 25.9 Å². The molecule has 3 aromatic rings. The standard InChI is InChI=1S/C15H12BrN3O3S2/c1-19-13-9(8-17-15(18-13)23-2)7-12(14(19)20)24(21,22)11-5-3-10(16)4-6-11/h3-8H,1-2H3. The van der Waals surface area contributed by atoms with Gasteiger partial charge < -0.3 is 0 Å². The molecule has 3 rings (SSSR count). The highest BCUT2D eigenvalue weighted by atomic mass is 79.9. The SMILES string of the molecule is CSc1ncc2cc(S(=O)(=O)c3ccc(Br)cc3)c(=O)n(C)c2n1. The van der Waals surface area contributed by atoms with Crippen molar-refractivity contribution in [2.24, 2.45) is 7.05 Å². The summed E-state index contributed by atoms with van der Waals surface area (Å²) < 4.78 is 27.6. The van der Waals surface area contributed by atoms with Gasteiger partial charge in [-0.1, -0.05) is 27.7 Å². The van der Waals surface area contributed by atoms with E-state index in [1.807, 2.05) is 6.26 Å². The van der Waals surface area contributed by atoms with Gasteiger partial charge in [0.1, 0.15) is 10.5 Å². The van der Waals surface area contributed by atoms with Gasteiger partial charge in [0.05, 0.1) is 4.90 Å². The molecule has 2 aromatic heterocycles. The summed E-state index contributed by atoms with van der Waals surface area (Å²) in [7, 11) is -2.43. The second-order valence-electron chi connectivity index (χ2n) is 4.97. The van der Waals surface area contributed by atoms with Gasteiger partial charge in [-0.2, -0.15) is 0 Å². The minimum Gasteiger partial charge on any atom is -0.295 e. The third-order valence-electron chi connectivity index (χ3n) is 3.49. The molecule has 0 aliphatic carbocycles. The second kappa shape index (κ2) is 6.30. The van der Waals surface area contributed by atoms with Gasteiger partial charge in [-0.15, -0.1) is 0 Å². The van der Waals surface area contributed by atoms with Gasteiger partial charge in [0.15, 0.2) is 5.16 Å². The molecule has 0 amide bonds. The molecule has 0 bridgehead atoms. The zero-order chi connectivity index (χ0) is 17.5. The molecule has 0 aliphatic heterocycles. The zero-order valence-corrected chi connectivity index (χ0v) is 15.9. The molecule has 0 aliphatic rings. The Kier molecular flexibility index (Phi) is 4.50. The summed E-state index contributed by atoms with van der Waals surface area (Å²) in [6.45, 7) is 0. The number of rotatable bonds is 3. The van der Waals surface area contributed by atoms with Gasteiger partial charge in [-0.3, -0.25) is 9.36 Å². The van der Waals surface area contributed by atoms with Gasteiger partial charge in [0.2, 0.25) is 9.84 Å². The van der Waals surface area contributed by atoms with Crippen LogP contribution in [0.25, 0.3) is 11.0 Å². The largest absolute Gasteiger partial charge is 0.295 e. The van der Waals surface area contributed by atoms with Gasteiger partial charge in [0.25, 0.3) is 5.56 Å².